The Bertz CT molecular complexity index is 655. The Labute approximate surface area is 144 Å². The summed E-state index contributed by atoms with van der Waals surface area (Å²) in [5.41, 5.74) is 3.08. The Morgan fingerprint density at radius 3 is 2.33 bits per heavy atom. The van der Waals surface area contributed by atoms with Crippen LogP contribution in [0.15, 0.2) is 35.9 Å². The van der Waals surface area contributed by atoms with Crippen LogP contribution < -0.4 is 5.32 Å². The van der Waals surface area contributed by atoms with Crippen molar-refractivity contribution in [2.45, 2.75) is 34.6 Å². The van der Waals surface area contributed by atoms with Crippen LogP contribution in [0.25, 0.3) is 0 Å². The first kappa shape index (κ1) is 18.2. The van der Waals surface area contributed by atoms with E-state index in [-0.39, 0.29) is 35.6 Å². The number of aryl methyl sites for hydroxylation is 1. The maximum atomic E-state index is 12.7. The van der Waals surface area contributed by atoms with Gasteiger partial charge in [0.05, 0.1) is 12.5 Å². The summed E-state index contributed by atoms with van der Waals surface area (Å²) in [7, 11) is 1.70. The Morgan fingerprint density at radius 1 is 1.21 bits per heavy atom. The van der Waals surface area contributed by atoms with Crippen LogP contribution in [0.3, 0.4) is 0 Å². The molecular formula is C20H28N2O2. The van der Waals surface area contributed by atoms with Gasteiger partial charge in [-0.15, -0.1) is 0 Å². The minimum absolute atomic E-state index is 0.0317. The number of nitrogens with zero attached hydrogens (tertiary/aromatic N) is 1. The quantitative estimate of drug-likeness (QED) is 0.839. The lowest BCUT2D eigenvalue weighted by atomic mass is 10.1. The predicted octanol–water partition coefficient (Wildman–Crippen LogP) is 3.63. The minimum atomic E-state index is -0.174. The zero-order chi connectivity index (χ0) is 18.1. The molecule has 1 aromatic rings. The molecule has 0 saturated heterocycles. The van der Waals surface area contributed by atoms with Gasteiger partial charge in [0.25, 0.3) is 0 Å². The Balaban J connectivity index is 1.93. The first-order valence-corrected chi connectivity index (χ1v) is 8.39. The second kappa shape index (κ2) is 6.80. The number of anilines is 1. The molecule has 4 heteroatoms. The zero-order valence-electron chi connectivity index (χ0n) is 15.5. The molecule has 0 spiro atoms. The van der Waals surface area contributed by atoms with Crippen molar-refractivity contribution in [3.8, 4) is 0 Å². The number of likely N-dealkylation sites (N-methyl/N-ethyl adjacent to an activating group) is 1. The normalized spacial score (nSPS) is 20.9. The van der Waals surface area contributed by atoms with Gasteiger partial charge in [-0.1, -0.05) is 43.2 Å². The van der Waals surface area contributed by atoms with Crippen molar-refractivity contribution >= 4 is 17.5 Å². The summed E-state index contributed by atoms with van der Waals surface area (Å²) in [6.07, 6.45) is 2.17. The van der Waals surface area contributed by atoms with E-state index in [9.17, 15) is 9.59 Å². The fourth-order valence-corrected chi connectivity index (χ4v) is 3.19. The predicted molar refractivity (Wildman–Crippen MR) is 97.6 cm³/mol. The maximum Gasteiger partial charge on any atom is 0.243 e. The summed E-state index contributed by atoms with van der Waals surface area (Å²) >= 11 is 0. The Morgan fingerprint density at radius 2 is 1.79 bits per heavy atom. The molecule has 1 saturated carbocycles. The van der Waals surface area contributed by atoms with Gasteiger partial charge in [-0.3, -0.25) is 9.59 Å². The SMILES string of the molecule is CC(C)=CC1C(C(=O)N(C)CC(=O)Nc2ccc(C)cc2)C1(C)C. The van der Waals surface area contributed by atoms with Crippen molar-refractivity contribution in [2.75, 3.05) is 18.9 Å². The van der Waals surface area contributed by atoms with Gasteiger partial charge in [0.15, 0.2) is 0 Å². The molecule has 2 amide bonds. The smallest absolute Gasteiger partial charge is 0.243 e. The van der Waals surface area contributed by atoms with E-state index in [1.807, 2.05) is 31.2 Å². The van der Waals surface area contributed by atoms with Gasteiger partial charge < -0.3 is 10.2 Å². The van der Waals surface area contributed by atoms with E-state index in [1.54, 1.807) is 7.05 Å². The van der Waals surface area contributed by atoms with E-state index in [0.717, 1.165) is 11.3 Å². The third kappa shape index (κ3) is 4.05. The molecule has 24 heavy (non-hydrogen) atoms. The van der Waals surface area contributed by atoms with E-state index < -0.39 is 0 Å². The number of benzene rings is 1. The Hall–Kier alpha value is -2.10. The molecule has 4 nitrogen and oxygen atoms in total. The molecule has 2 unspecified atom stereocenters. The van der Waals surface area contributed by atoms with Crippen molar-refractivity contribution in [1.29, 1.82) is 0 Å². The molecular weight excluding hydrogens is 300 g/mol. The van der Waals surface area contributed by atoms with Crippen molar-refractivity contribution in [1.82, 2.24) is 4.90 Å². The fraction of sp³-hybridized carbons (Fsp3) is 0.500. The number of carbonyl (C=O) groups is 2. The first-order valence-electron chi connectivity index (χ1n) is 8.39. The van der Waals surface area contributed by atoms with E-state index >= 15 is 0 Å². The van der Waals surface area contributed by atoms with Crippen molar-refractivity contribution in [3.05, 3.63) is 41.5 Å². The molecule has 2 rings (SSSR count). The molecule has 1 aliphatic rings. The number of rotatable bonds is 5. The van der Waals surface area contributed by atoms with Gasteiger partial charge in [0.1, 0.15) is 0 Å². The van der Waals surface area contributed by atoms with Gasteiger partial charge in [-0.25, -0.2) is 0 Å². The van der Waals surface area contributed by atoms with Crippen LogP contribution in [-0.2, 0) is 9.59 Å². The standard InChI is InChI=1S/C20H28N2O2/c1-13(2)11-16-18(20(16,4)5)19(24)22(6)12-17(23)21-15-9-7-14(3)8-10-15/h7-11,16,18H,12H2,1-6H3,(H,21,23). The van der Waals surface area contributed by atoms with Crippen LogP contribution in [0.1, 0.15) is 33.3 Å². The minimum Gasteiger partial charge on any atom is -0.336 e. The molecule has 1 N–H and O–H groups in total. The van der Waals surface area contributed by atoms with E-state index in [0.29, 0.717) is 0 Å². The summed E-state index contributed by atoms with van der Waals surface area (Å²) in [6, 6.07) is 7.62. The molecule has 0 bridgehead atoms. The topological polar surface area (TPSA) is 49.4 Å². The maximum absolute atomic E-state index is 12.7. The third-order valence-corrected chi connectivity index (χ3v) is 4.78. The lowest BCUT2D eigenvalue weighted by Gasteiger charge is -2.17. The molecule has 1 fully saturated rings. The van der Waals surface area contributed by atoms with Crippen LogP contribution in [0.4, 0.5) is 5.69 Å². The van der Waals surface area contributed by atoms with Crippen molar-refractivity contribution in [2.24, 2.45) is 17.3 Å². The van der Waals surface area contributed by atoms with Gasteiger partial charge in [-0.05, 0) is 44.2 Å². The molecule has 0 aliphatic heterocycles. The zero-order valence-corrected chi connectivity index (χ0v) is 15.5. The van der Waals surface area contributed by atoms with Crippen LogP contribution in [0, 0.1) is 24.2 Å². The second-order valence-corrected chi connectivity index (χ2v) is 7.68. The highest BCUT2D eigenvalue weighted by molar-refractivity contribution is 5.95. The van der Waals surface area contributed by atoms with Crippen LogP contribution >= 0.6 is 0 Å². The first-order chi connectivity index (χ1) is 11.1. The number of hydrogen-bond donors (Lipinski definition) is 1. The van der Waals surface area contributed by atoms with Gasteiger partial charge in [0.2, 0.25) is 11.8 Å². The third-order valence-electron chi connectivity index (χ3n) is 4.78. The molecule has 2 atom stereocenters. The van der Waals surface area contributed by atoms with E-state index in [1.165, 1.54) is 10.5 Å². The molecule has 0 radical (unpaired) electrons. The largest absolute Gasteiger partial charge is 0.336 e. The van der Waals surface area contributed by atoms with Crippen LogP contribution in [0.2, 0.25) is 0 Å². The fourth-order valence-electron chi connectivity index (χ4n) is 3.19. The van der Waals surface area contributed by atoms with Gasteiger partial charge in [0, 0.05) is 12.7 Å². The number of carbonyl (C=O) groups excluding carboxylic acids is 2. The Kier molecular flexibility index (Phi) is 5.16. The summed E-state index contributed by atoms with van der Waals surface area (Å²) < 4.78 is 0. The molecule has 0 aromatic heterocycles. The average molecular weight is 328 g/mol. The lowest BCUT2D eigenvalue weighted by molar-refractivity contribution is -0.135. The summed E-state index contributed by atoms with van der Waals surface area (Å²) in [5, 5.41) is 2.83. The number of nitrogens with one attached hydrogen (secondary N) is 1. The summed E-state index contributed by atoms with van der Waals surface area (Å²) in [4.78, 5) is 26.4. The average Bonchev–Trinajstić information content (AvgIpc) is 3.00. The molecule has 1 aromatic carbocycles. The summed E-state index contributed by atoms with van der Waals surface area (Å²) in [6.45, 7) is 10.4. The number of amides is 2. The van der Waals surface area contributed by atoms with E-state index in [2.05, 4.69) is 39.1 Å². The second-order valence-electron chi connectivity index (χ2n) is 7.68. The molecule has 130 valence electrons. The van der Waals surface area contributed by atoms with Gasteiger partial charge in [-0.2, -0.15) is 0 Å². The van der Waals surface area contributed by atoms with Crippen LogP contribution in [-0.4, -0.2) is 30.3 Å². The molecule has 1 aliphatic carbocycles. The number of hydrogen-bond acceptors (Lipinski definition) is 2. The van der Waals surface area contributed by atoms with Crippen molar-refractivity contribution < 1.29 is 9.59 Å². The number of allylic oxidation sites excluding steroid dienone is 2. The van der Waals surface area contributed by atoms with E-state index in [4.69, 9.17) is 0 Å². The monoisotopic (exact) mass is 328 g/mol. The molecule has 0 heterocycles. The highest BCUT2D eigenvalue weighted by Crippen LogP contribution is 2.59. The summed E-state index contributed by atoms with van der Waals surface area (Å²) in [5.74, 6) is 0.0932. The van der Waals surface area contributed by atoms with Crippen molar-refractivity contribution in [3.63, 3.8) is 0 Å². The van der Waals surface area contributed by atoms with Gasteiger partial charge >= 0.3 is 0 Å². The highest BCUT2D eigenvalue weighted by atomic mass is 16.2. The highest BCUT2D eigenvalue weighted by Gasteiger charge is 2.60. The lowest BCUT2D eigenvalue weighted by Crippen LogP contribution is -2.36. The van der Waals surface area contributed by atoms with Crippen LogP contribution in [0.5, 0.6) is 0 Å².